The maximum Gasteiger partial charge on any atom is 0.245 e. The minimum atomic E-state index is -3.33. The van der Waals surface area contributed by atoms with Gasteiger partial charge in [0.05, 0.1) is 5.69 Å². The van der Waals surface area contributed by atoms with E-state index < -0.39 is 10.0 Å². The van der Waals surface area contributed by atoms with E-state index in [0.29, 0.717) is 24.5 Å². The number of nitrogens with one attached hydrogen (secondary N) is 1. The Balaban J connectivity index is 2.25. The summed E-state index contributed by atoms with van der Waals surface area (Å²) in [4.78, 5) is 0.402. The van der Waals surface area contributed by atoms with E-state index in [-0.39, 0.29) is 0 Å². The smallest absolute Gasteiger partial charge is 0.245 e. The molecule has 0 unspecified atom stereocenters. The molecule has 0 fully saturated rings. The fourth-order valence-electron chi connectivity index (χ4n) is 2.18. The van der Waals surface area contributed by atoms with Gasteiger partial charge in [-0.2, -0.15) is 4.31 Å². The molecule has 0 saturated heterocycles. The van der Waals surface area contributed by atoms with Gasteiger partial charge in [0.2, 0.25) is 10.0 Å². The van der Waals surface area contributed by atoms with Gasteiger partial charge in [-0.3, -0.25) is 0 Å². The summed E-state index contributed by atoms with van der Waals surface area (Å²) < 4.78 is 26.6. The lowest BCUT2D eigenvalue weighted by Crippen LogP contribution is -2.33. The number of para-hydroxylation sites is 1. The molecule has 2 rings (SSSR count). The fraction of sp³-hybridized carbons (Fsp3) is 0.538. The van der Waals surface area contributed by atoms with Crippen molar-refractivity contribution in [3.05, 3.63) is 24.3 Å². The van der Waals surface area contributed by atoms with Crippen molar-refractivity contribution in [2.45, 2.75) is 31.1 Å². The molecule has 1 aliphatic rings. The van der Waals surface area contributed by atoms with Crippen molar-refractivity contribution >= 4 is 15.7 Å². The Morgan fingerprint density at radius 1 is 1.28 bits per heavy atom. The third-order valence-electron chi connectivity index (χ3n) is 3.19. The summed E-state index contributed by atoms with van der Waals surface area (Å²) in [6, 6.07) is 7.12. The van der Waals surface area contributed by atoms with Gasteiger partial charge < -0.3 is 5.32 Å². The lowest BCUT2D eigenvalue weighted by molar-refractivity contribution is 0.413. The van der Waals surface area contributed by atoms with Crippen molar-refractivity contribution in [3.63, 3.8) is 0 Å². The van der Waals surface area contributed by atoms with E-state index >= 15 is 0 Å². The van der Waals surface area contributed by atoms with Gasteiger partial charge in [0.1, 0.15) is 4.90 Å². The Morgan fingerprint density at radius 2 is 2.06 bits per heavy atom. The zero-order chi connectivity index (χ0) is 13.0. The quantitative estimate of drug-likeness (QED) is 0.852. The second kappa shape index (κ2) is 5.71. The maximum absolute atomic E-state index is 12.5. The highest BCUT2D eigenvalue weighted by atomic mass is 32.2. The molecule has 0 saturated carbocycles. The molecule has 0 radical (unpaired) electrons. The molecule has 0 atom stereocenters. The first-order valence-electron chi connectivity index (χ1n) is 6.49. The largest absolute Gasteiger partial charge is 0.383 e. The first kappa shape index (κ1) is 13.4. The Labute approximate surface area is 109 Å². The fourth-order valence-corrected chi connectivity index (χ4v) is 3.83. The van der Waals surface area contributed by atoms with Crippen LogP contribution < -0.4 is 5.32 Å². The number of benzene rings is 1. The minimum absolute atomic E-state index is 0.402. The Bertz CT molecular complexity index is 499. The van der Waals surface area contributed by atoms with Crippen LogP contribution in [0, 0.1) is 0 Å². The number of unbranched alkanes of at least 4 members (excludes halogenated alkanes) is 2. The molecule has 0 aromatic heterocycles. The van der Waals surface area contributed by atoms with E-state index in [2.05, 4.69) is 12.2 Å². The highest BCUT2D eigenvalue weighted by Gasteiger charge is 2.28. The van der Waals surface area contributed by atoms with Crippen molar-refractivity contribution in [1.29, 1.82) is 0 Å². The molecule has 1 N–H and O–H groups in total. The Hall–Kier alpha value is -1.07. The molecular weight excluding hydrogens is 248 g/mol. The van der Waals surface area contributed by atoms with Gasteiger partial charge in [0.25, 0.3) is 0 Å². The van der Waals surface area contributed by atoms with Crippen LogP contribution in [0.25, 0.3) is 0 Å². The van der Waals surface area contributed by atoms with Crippen LogP contribution in [-0.2, 0) is 10.0 Å². The van der Waals surface area contributed by atoms with Crippen molar-refractivity contribution in [1.82, 2.24) is 4.31 Å². The first-order valence-corrected chi connectivity index (χ1v) is 7.93. The van der Waals surface area contributed by atoms with E-state index in [4.69, 9.17) is 0 Å². The van der Waals surface area contributed by atoms with E-state index in [9.17, 15) is 8.42 Å². The lowest BCUT2D eigenvalue weighted by atomic mass is 10.2. The van der Waals surface area contributed by atoms with Crippen molar-refractivity contribution < 1.29 is 8.42 Å². The molecule has 18 heavy (non-hydrogen) atoms. The molecule has 0 aliphatic carbocycles. The zero-order valence-electron chi connectivity index (χ0n) is 10.7. The molecule has 5 heteroatoms. The summed E-state index contributed by atoms with van der Waals surface area (Å²) in [6.07, 6.45) is 3.10. The highest BCUT2D eigenvalue weighted by molar-refractivity contribution is 7.89. The summed E-state index contributed by atoms with van der Waals surface area (Å²) >= 11 is 0. The van der Waals surface area contributed by atoms with Gasteiger partial charge in [0, 0.05) is 19.6 Å². The standard InChI is InChI=1S/C13H20N2O2S/c1-2-3-6-10-15-11-9-14-12-7-4-5-8-13(12)18(15,16)17/h4-5,7-8,14H,2-3,6,9-11H2,1H3. The number of hydrogen-bond donors (Lipinski definition) is 1. The topological polar surface area (TPSA) is 49.4 Å². The molecular formula is C13H20N2O2S. The second-order valence-electron chi connectivity index (χ2n) is 4.53. The van der Waals surface area contributed by atoms with Crippen LogP contribution >= 0.6 is 0 Å². The van der Waals surface area contributed by atoms with Crippen LogP contribution in [0.5, 0.6) is 0 Å². The van der Waals surface area contributed by atoms with Crippen LogP contribution in [0.15, 0.2) is 29.2 Å². The van der Waals surface area contributed by atoms with Gasteiger partial charge in [-0.25, -0.2) is 8.42 Å². The summed E-state index contributed by atoms with van der Waals surface area (Å²) in [7, 11) is -3.33. The summed E-state index contributed by atoms with van der Waals surface area (Å²) in [5.41, 5.74) is 0.718. The third-order valence-corrected chi connectivity index (χ3v) is 5.15. The summed E-state index contributed by atoms with van der Waals surface area (Å²) in [5.74, 6) is 0. The minimum Gasteiger partial charge on any atom is -0.383 e. The van der Waals surface area contributed by atoms with Crippen LogP contribution in [0.4, 0.5) is 5.69 Å². The van der Waals surface area contributed by atoms with Gasteiger partial charge in [-0.15, -0.1) is 0 Å². The predicted molar refractivity (Wildman–Crippen MR) is 73.2 cm³/mol. The first-order chi connectivity index (χ1) is 8.66. The van der Waals surface area contributed by atoms with Gasteiger partial charge >= 0.3 is 0 Å². The normalized spacial score (nSPS) is 18.7. The molecule has 0 amide bonds. The Morgan fingerprint density at radius 3 is 2.83 bits per heavy atom. The van der Waals surface area contributed by atoms with E-state index in [1.807, 2.05) is 12.1 Å². The zero-order valence-corrected chi connectivity index (χ0v) is 11.5. The molecule has 4 nitrogen and oxygen atoms in total. The molecule has 0 bridgehead atoms. The lowest BCUT2D eigenvalue weighted by Gasteiger charge is -2.19. The number of anilines is 1. The molecule has 1 aliphatic heterocycles. The number of fused-ring (bicyclic) bond motifs is 1. The SMILES string of the molecule is CCCCCN1CCNc2ccccc2S1(=O)=O. The Kier molecular flexibility index (Phi) is 4.24. The average Bonchev–Trinajstić information content (AvgIpc) is 2.48. The average molecular weight is 268 g/mol. The van der Waals surface area contributed by atoms with Crippen LogP contribution in [0.3, 0.4) is 0 Å². The van der Waals surface area contributed by atoms with Crippen molar-refractivity contribution in [2.24, 2.45) is 0 Å². The van der Waals surface area contributed by atoms with Crippen LogP contribution in [-0.4, -0.2) is 32.4 Å². The number of hydrogen-bond acceptors (Lipinski definition) is 3. The molecule has 1 aromatic rings. The van der Waals surface area contributed by atoms with Crippen molar-refractivity contribution in [2.75, 3.05) is 25.0 Å². The number of nitrogens with zero attached hydrogens (tertiary/aromatic N) is 1. The predicted octanol–water partition coefficient (Wildman–Crippen LogP) is 2.29. The van der Waals surface area contributed by atoms with E-state index in [1.54, 1.807) is 16.4 Å². The summed E-state index contributed by atoms with van der Waals surface area (Å²) in [6.45, 7) is 3.95. The van der Waals surface area contributed by atoms with Gasteiger partial charge in [-0.1, -0.05) is 31.9 Å². The third kappa shape index (κ3) is 2.67. The van der Waals surface area contributed by atoms with Crippen LogP contribution in [0.2, 0.25) is 0 Å². The summed E-state index contributed by atoms with van der Waals surface area (Å²) in [5, 5.41) is 3.18. The molecule has 100 valence electrons. The van der Waals surface area contributed by atoms with Crippen LogP contribution in [0.1, 0.15) is 26.2 Å². The molecule has 1 aromatic carbocycles. The monoisotopic (exact) mass is 268 g/mol. The van der Waals surface area contributed by atoms with E-state index in [0.717, 1.165) is 24.9 Å². The maximum atomic E-state index is 12.5. The van der Waals surface area contributed by atoms with E-state index in [1.165, 1.54) is 0 Å². The second-order valence-corrected chi connectivity index (χ2v) is 6.44. The molecule has 0 spiro atoms. The van der Waals surface area contributed by atoms with Gasteiger partial charge in [-0.05, 0) is 18.6 Å². The number of rotatable bonds is 4. The number of sulfonamides is 1. The highest BCUT2D eigenvalue weighted by Crippen LogP contribution is 2.26. The van der Waals surface area contributed by atoms with Crippen molar-refractivity contribution in [3.8, 4) is 0 Å². The molecule has 1 heterocycles. The van der Waals surface area contributed by atoms with Gasteiger partial charge in [0.15, 0.2) is 0 Å².